The minimum atomic E-state index is -0.771. The Morgan fingerprint density at radius 1 is 1.04 bits per heavy atom. The van der Waals surface area contributed by atoms with Gasteiger partial charge in [-0.05, 0) is 18.2 Å². The second-order valence-electron chi connectivity index (χ2n) is 4.85. The van der Waals surface area contributed by atoms with Gasteiger partial charge in [-0.2, -0.15) is 5.26 Å². The molecule has 0 aliphatic rings. The number of carbonyl (C=O) groups excluding carboxylic acids is 1. The third-order valence-electron chi connectivity index (χ3n) is 3.17. The van der Waals surface area contributed by atoms with Crippen LogP contribution in [0, 0.1) is 31.6 Å². The van der Waals surface area contributed by atoms with Crippen molar-refractivity contribution in [3.8, 4) is 6.07 Å². The number of nitro benzene ring substituents is 2. The molecule has 130 valence electrons. The van der Waals surface area contributed by atoms with Crippen LogP contribution in [-0.4, -0.2) is 15.8 Å². The first-order valence-electron chi connectivity index (χ1n) is 7.08. The number of para-hydroxylation sites is 2. The Bertz CT molecular complexity index is 931. The standard InChI is InChI=1S/C16H11N5O5/c17-9-11(10-18-14-3-1-2-4-15(14)21(25)26)16(22)19-12-5-7-13(8-6-12)20(23)24/h1-8,10,18H,(H,19,22)/b11-10-. The molecule has 0 saturated heterocycles. The van der Waals surface area contributed by atoms with Crippen LogP contribution in [0.4, 0.5) is 22.7 Å². The van der Waals surface area contributed by atoms with Gasteiger partial charge in [-0.15, -0.1) is 0 Å². The Morgan fingerprint density at radius 2 is 1.69 bits per heavy atom. The number of rotatable bonds is 6. The molecule has 0 saturated carbocycles. The molecule has 2 N–H and O–H groups in total. The first-order chi connectivity index (χ1) is 12.4. The SMILES string of the molecule is N#C/C(=C/Nc1ccccc1[N+](=O)[O-])C(=O)Nc1ccc([N+](=O)[O-])cc1. The molecule has 26 heavy (non-hydrogen) atoms. The normalized spacial score (nSPS) is 10.5. The van der Waals surface area contributed by atoms with Crippen LogP contribution in [0.5, 0.6) is 0 Å². The predicted octanol–water partition coefficient (Wildman–Crippen LogP) is 2.96. The number of nitriles is 1. The fourth-order valence-corrected chi connectivity index (χ4v) is 1.92. The van der Waals surface area contributed by atoms with Crippen LogP contribution >= 0.6 is 0 Å². The van der Waals surface area contributed by atoms with Crippen LogP contribution in [0.3, 0.4) is 0 Å². The van der Waals surface area contributed by atoms with E-state index in [4.69, 9.17) is 5.26 Å². The smallest absolute Gasteiger partial charge is 0.292 e. The Morgan fingerprint density at radius 3 is 2.27 bits per heavy atom. The molecule has 10 nitrogen and oxygen atoms in total. The van der Waals surface area contributed by atoms with E-state index >= 15 is 0 Å². The van der Waals surface area contributed by atoms with Gasteiger partial charge in [0.2, 0.25) is 0 Å². The minimum Gasteiger partial charge on any atom is -0.355 e. The highest BCUT2D eigenvalue weighted by Gasteiger charge is 2.14. The average molecular weight is 353 g/mol. The maximum Gasteiger partial charge on any atom is 0.292 e. The van der Waals surface area contributed by atoms with Gasteiger partial charge in [-0.1, -0.05) is 12.1 Å². The number of nitrogens with zero attached hydrogens (tertiary/aromatic N) is 3. The molecular formula is C16H11N5O5. The summed E-state index contributed by atoms with van der Waals surface area (Å²) in [7, 11) is 0. The fraction of sp³-hybridized carbons (Fsp3) is 0. The zero-order valence-corrected chi connectivity index (χ0v) is 13.1. The van der Waals surface area contributed by atoms with Crippen LogP contribution in [-0.2, 0) is 4.79 Å². The number of hydrogen-bond donors (Lipinski definition) is 2. The van der Waals surface area contributed by atoms with Gasteiger partial charge in [-0.25, -0.2) is 0 Å². The van der Waals surface area contributed by atoms with Gasteiger partial charge in [0, 0.05) is 30.1 Å². The van der Waals surface area contributed by atoms with Crippen molar-refractivity contribution in [2.24, 2.45) is 0 Å². The Labute approximate surface area is 146 Å². The van der Waals surface area contributed by atoms with Crippen molar-refractivity contribution in [2.45, 2.75) is 0 Å². The third-order valence-corrected chi connectivity index (χ3v) is 3.17. The number of carbonyl (C=O) groups is 1. The summed E-state index contributed by atoms with van der Waals surface area (Å²) in [5.74, 6) is -0.771. The van der Waals surface area contributed by atoms with E-state index in [9.17, 15) is 25.0 Å². The first-order valence-corrected chi connectivity index (χ1v) is 7.08. The second-order valence-corrected chi connectivity index (χ2v) is 4.85. The molecule has 0 unspecified atom stereocenters. The van der Waals surface area contributed by atoms with Crippen molar-refractivity contribution in [3.05, 3.63) is 80.5 Å². The Hall–Kier alpha value is -4.26. The molecule has 0 aliphatic carbocycles. The molecule has 0 bridgehead atoms. The third kappa shape index (κ3) is 4.39. The largest absolute Gasteiger partial charge is 0.355 e. The molecule has 0 aromatic heterocycles. The summed E-state index contributed by atoms with van der Waals surface area (Å²) in [5.41, 5.74) is -0.309. The second kappa shape index (κ2) is 8.02. The monoisotopic (exact) mass is 353 g/mol. The van der Waals surface area contributed by atoms with Gasteiger partial charge in [0.1, 0.15) is 17.3 Å². The predicted molar refractivity (Wildman–Crippen MR) is 92.1 cm³/mol. The summed E-state index contributed by atoms with van der Waals surface area (Å²) in [6, 6.07) is 12.5. The molecule has 0 aliphatic heterocycles. The van der Waals surface area contributed by atoms with Gasteiger partial charge in [0.05, 0.1) is 9.85 Å². The van der Waals surface area contributed by atoms with Crippen molar-refractivity contribution in [3.63, 3.8) is 0 Å². The molecular weight excluding hydrogens is 342 g/mol. The van der Waals surface area contributed by atoms with Gasteiger partial charge >= 0.3 is 0 Å². The summed E-state index contributed by atoms with van der Waals surface area (Å²) in [5, 5.41) is 35.6. The van der Waals surface area contributed by atoms with Crippen LogP contribution < -0.4 is 10.6 Å². The molecule has 2 rings (SSSR count). The zero-order valence-electron chi connectivity index (χ0n) is 13.1. The van der Waals surface area contributed by atoms with Crippen molar-refractivity contribution >= 4 is 28.7 Å². The number of nitrogens with one attached hydrogen (secondary N) is 2. The van der Waals surface area contributed by atoms with Crippen LogP contribution in [0.15, 0.2) is 60.3 Å². The zero-order chi connectivity index (χ0) is 19.1. The lowest BCUT2D eigenvalue weighted by molar-refractivity contribution is -0.384. The molecule has 10 heteroatoms. The van der Waals surface area contributed by atoms with Crippen molar-refractivity contribution in [2.75, 3.05) is 10.6 Å². The lowest BCUT2D eigenvalue weighted by atomic mass is 10.2. The van der Waals surface area contributed by atoms with E-state index in [-0.39, 0.29) is 28.3 Å². The fourth-order valence-electron chi connectivity index (χ4n) is 1.92. The van der Waals surface area contributed by atoms with Crippen molar-refractivity contribution in [1.82, 2.24) is 0 Å². The van der Waals surface area contributed by atoms with Crippen molar-refractivity contribution in [1.29, 1.82) is 5.26 Å². The summed E-state index contributed by atoms with van der Waals surface area (Å²) in [6.45, 7) is 0. The number of non-ortho nitro benzene ring substituents is 1. The van der Waals surface area contributed by atoms with Crippen molar-refractivity contribution < 1.29 is 14.6 Å². The minimum absolute atomic E-state index is 0.119. The van der Waals surface area contributed by atoms with Crippen LogP contribution in [0.2, 0.25) is 0 Å². The average Bonchev–Trinajstić information content (AvgIpc) is 2.63. The molecule has 0 heterocycles. The van der Waals surface area contributed by atoms with Crippen LogP contribution in [0.1, 0.15) is 0 Å². The maximum absolute atomic E-state index is 12.1. The molecule has 2 aromatic carbocycles. The summed E-state index contributed by atoms with van der Waals surface area (Å²) in [4.78, 5) is 32.4. The number of hydrogen-bond acceptors (Lipinski definition) is 7. The first kappa shape index (κ1) is 18.1. The van der Waals surface area contributed by atoms with E-state index in [0.717, 1.165) is 6.20 Å². The number of anilines is 2. The van der Waals surface area contributed by atoms with E-state index in [2.05, 4.69) is 10.6 Å². The summed E-state index contributed by atoms with van der Waals surface area (Å²) >= 11 is 0. The number of nitro groups is 2. The molecule has 0 radical (unpaired) electrons. The van der Waals surface area contributed by atoms with Crippen LogP contribution in [0.25, 0.3) is 0 Å². The molecule has 0 fully saturated rings. The van der Waals surface area contributed by atoms with E-state index in [1.807, 2.05) is 0 Å². The summed E-state index contributed by atoms with van der Waals surface area (Å²) in [6.07, 6.45) is 1.04. The van der Waals surface area contributed by atoms with E-state index in [1.165, 1.54) is 42.5 Å². The Balaban J connectivity index is 2.14. The Kier molecular flexibility index (Phi) is 5.58. The van der Waals surface area contributed by atoms with Gasteiger partial charge < -0.3 is 10.6 Å². The highest BCUT2D eigenvalue weighted by Crippen LogP contribution is 2.23. The molecule has 0 atom stereocenters. The summed E-state index contributed by atoms with van der Waals surface area (Å²) < 4.78 is 0. The van der Waals surface area contributed by atoms with Gasteiger partial charge in [-0.3, -0.25) is 25.0 Å². The lowest BCUT2D eigenvalue weighted by Gasteiger charge is -2.05. The van der Waals surface area contributed by atoms with E-state index in [1.54, 1.807) is 12.1 Å². The van der Waals surface area contributed by atoms with E-state index in [0.29, 0.717) is 0 Å². The topological polar surface area (TPSA) is 151 Å². The number of benzene rings is 2. The van der Waals surface area contributed by atoms with E-state index < -0.39 is 15.8 Å². The molecule has 0 spiro atoms. The lowest BCUT2D eigenvalue weighted by Crippen LogP contribution is -2.14. The molecule has 2 aromatic rings. The van der Waals surface area contributed by atoms with Gasteiger partial charge in [0.15, 0.2) is 0 Å². The highest BCUT2D eigenvalue weighted by molar-refractivity contribution is 6.06. The maximum atomic E-state index is 12.1. The highest BCUT2D eigenvalue weighted by atomic mass is 16.6. The van der Waals surface area contributed by atoms with Gasteiger partial charge in [0.25, 0.3) is 17.3 Å². The number of amides is 1. The molecule has 1 amide bonds. The quantitative estimate of drug-likeness (QED) is 0.350.